The van der Waals surface area contributed by atoms with Crippen molar-refractivity contribution in [2.45, 2.75) is 12.8 Å². The number of nitrogens with zero attached hydrogens (tertiary/aromatic N) is 2. The predicted molar refractivity (Wildman–Crippen MR) is 64.6 cm³/mol. The zero-order chi connectivity index (χ0) is 10.8. The molecule has 15 heavy (non-hydrogen) atoms. The molecule has 0 spiro atoms. The Labute approximate surface area is 102 Å². The van der Waals surface area contributed by atoms with Gasteiger partial charge in [-0.05, 0) is 24.6 Å². The standard InChI is InChI=1S/C10H8Cl2N2S/c1-6-2-3-7(12)4-8(6)10-14-13-9(5-11)15-10/h2-4H,5H2,1H3. The van der Waals surface area contributed by atoms with Crippen LogP contribution in [-0.2, 0) is 5.88 Å². The first-order valence-corrected chi connectivity index (χ1v) is 6.08. The van der Waals surface area contributed by atoms with Crippen molar-refractivity contribution in [2.75, 3.05) is 0 Å². The van der Waals surface area contributed by atoms with Crippen LogP contribution in [0.3, 0.4) is 0 Å². The minimum atomic E-state index is 0.400. The minimum Gasteiger partial charge on any atom is -0.142 e. The lowest BCUT2D eigenvalue weighted by Crippen LogP contribution is -1.82. The Morgan fingerprint density at radius 1 is 1.33 bits per heavy atom. The largest absolute Gasteiger partial charge is 0.148 e. The molecule has 0 radical (unpaired) electrons. The van der Waals surface area contributed by atoms with Crippen molar-refractivity contribution in [1.82, 2.24) is 10.2 Å². The van der Waals surface area contributed by atoms with Crippen LogP contribution in [0.25, 0.3) is 10.6 Å². The van der Waals surface area contributed by atoms with Crippen LogP contribution in [0.1, 0.15) is 10.6 Å². The van der Waals surface area contributed by atoms with E-state index in [1.165, 1.54) is 11.3 Å². The van der Waals surface area contributed by atoms with Gasteiger partial charge in [-0.15, -0.1) is 21.8 Å². The van der Waals surface area contributed by atoms with E-state index in [4.69, 9.17) is 23.2 Å². The van der Waals surface area contributed by atoms with Gasteiger partial charge in [-0.2, -0.15) is 0 Å². The van der Waals surface area contributed by atoms with Crippen LogP contribution >= 0.6 is 34.5 Å². The zero-order valence-electron chi connectivity index (χ0n) is 8.00. The van der Waals surface area contributed by atoms with Crippen LogP contribution in [0.5, 0.6) is 0 Å². The molecule has 0 saturated heterocycles. The maximum atomic E-state index is 5.94. The summed E-state index contributed by atoms with van der Waals surface area (Å²) in [5, 5.41) is 10.5. The first kappa shape index (κ1) is 10.9. The molecule has 0 amide bonds. The molecule has 0 fully saturated rings. The van der Waals surface area contributed by atoms with E-state index >= 15 is 0 Å². The lowest BCUT2D eigenvalue weighted by atomic mass is 10.1. The summed E-state index contributed by atoms with van der Waals surface area (Å²) in [6, 6.07) is 5.73. The number of hydrogen-bond acceptors (Lipinski definition) is 3. The summed E-state index contributed by atoms with van der Waals surface area (Å²) in [5.41, 5.74) is 2.16. The van der Waals surface area contributed by atoms with Gasteiger partial charge in [-0.3, -0.25) is 0 Å². The molecule has 2 nitrogen and oxygen atoms in total. The lowest BCUT2D eigenvalue weighted by molar-refractivity contribution is 1.04. The molecular weight excluding hydrogens is 251 g/mol. The van der Waals surface area contributed by atoms with Gasteiger partial charge in [-0.25, -0.2) is 0 Å². The van der Waals surface area contributed by atoms with Crippen molar-refractivity contribution >= 4 is 34.5 Å². The molecule has 0 aliphatic heterocycles. The van der Waals surface area contributed by atoms with E-state index < -0.39 is 0 Å². The van der Waals surface area contributed by atoms with Gasteiger partial charge in [0.15, 0.2) is 0 Å². The molecule has 0 saturated carbocycles. The van der Waals surface area contributed by atoms with Crippen molar-refractivity contribution in [3.63, 3.8) is 0 Å². The highest BCUT2D eigenvalue weighted by molar-refractivity contribution is 7.14. The molecule has 5 heteroatoms. The number of hydrogen-bond donors (Lipinski definition) is 0. The SMILES string of the molecule is Cc1ccc(Cl)cc1-c1nnc(CCl)s1. The summed E-state index contributed by atoms with van der Waals surface area (Å²) in [5.74, 6) is 0.400. The second-order valence-electron chi connectivity index (χ2n) is 3.09. The number of aromatic nitrogens is 2. The van der Waals surface area contributed by atoms with Gasteiger partial charge in [0.05, 0.1) is 5.88 Å². The Hall–Kier alpha value is -0.640. The Morgan fingerprint density at radius 3 is 2.80 bits per heavy atom. The van der Waals surface area contributed by atoms with Crippen LogP contribution < -0.4 is 0 Å². The number of benzene rings is 1. The van der Waals surface area contributed by atoms with Gasteiger partial charge >= 0.3 is 0 Å². The second kappa shape index (κ2) is 4.47. The quantitative estimate of drug-likeness (QED) is 0.764. The van der Waals surface area contributed by atoms with Crippen LogP contribution in [0, 0.1) is 6.92 Å². The first-order valence-electron chi connectivity index (χ1n) is 4.35. The Balaban J connectivity index is 2.48. The zero-order valence-corrected chi connectivity index (χ0v) is 10.3. The minimum absolute atomic E-state index is 0.400. The smallest absolute Gasteiger partial charge is 0.142 e. The summed E-state index contributed by atoms with van der Waals surface area (Å²) in [4.78, 5) is 0. The van der Waals surface area contributed by atoms with Crippen LogP contribution in [-0.4, -0.2) is 10.2 Å². The molecule has 0 N–H and O–H groups in total. The first-order chi connectivity index (χ1) is 7.20. The van der Waals surface area contributed by atoms with Gasteiger partial charge in [0.25, 0.3) is 0 Å². The molecule has 0 aliphatic carbocycles. The second-order valence-corrected chi connectivity index (χ2v) is 4.86. The van der Waals surface area contributed by atoms with Crippen molar-refractivity contribution in [3.05, 3.63) is 33.8 Å². The highest BCUT2D eigenvalue weighted by atomic mass is 35.5. The van der Waals surface area contributed by atoms with Gasteiger partial charge in [-0.1, -0.05) is 29.0 Å². The third kappa shape index (κ3) is 2.30. The maximum Gasteiger partial charge on any atom is 0.148 e. The number of rotatable bonds is 2. The number of halogens is 2. The molecule has 0 atom stereocenters. The van der Waals surface area contributed by atoms with Crippen molar-refractivity contribution in [1.29, 1.82) is 0 Å². The van der Waals surface area contributed by atoms with Gasteiger partial charge < -0.3 is 0 Å². The van der Waals surface area contributed by atoms with E-state index in [1.807, 2.05) is 25.1 Å². The number of alkyl halides is 1. The topological polar surface area (TPSA) is 25.8 Å². The fraction of sp³-hybridized carbons (Fsp3) is 0.200. The molecule has 2 aromatic rings. The predicted octanol–water partition coefficient (Wildman–Crippen LogP) is 3.91. The maximum absolute atomic E-state index is 5.94. The molecule has 0 bridgehead atoms. The summed E-state index contributed by atoms with van der Waals surface area (Å²) in [6.07, 6.45) is 0. The molecule has 0 unspecified atom stereocenters. The molecular formula is C10H8Cl2N2S. The normalized spacial score (nSPS) is 10.6. The molecule has 1 heterocycles. The fourth-order valence-corrected chi connectivity index (χ4v) is 2.40. The average Bonchev–Trinajstić information content (AvgIpc) is 2.70. The molecule has 0 aliphatic rings. The van der Waals surface area contributed by atoms with Crippen LogP contribution in [0.15, 0.2) is 18.2 Å². The average molecular weight is 259 g/mol. The van der Waals surface area contributed by atoms with Crippen molar-refractivity contribution < 1.29 is 0 Å². The van der Waals surface area contributed by atoms with Crippen LogP contribution in [0.4, 0.5) is 0 Å². The highest BCUT2D eigenvalue weighted by Gasteiger charge is 2.08. The highest BCUT2D eigenvalue weighted by Crippen LogP contribution is 2.29. The van der Waals surface area contributed by atoms with E-state index in [0.717, 1.165) is 21.1 Å². The Bertz CT molecular complexity index is 482. The van der Waals surface area contributed by atoms with Crippen molar-refractivity contribution in [2.24, 2.45) is 0 Å². The third-order valence-electron chi connectivity index (χ3n) is 2.01. The Morgan fingerprint density at radius 2 is 2.13 bits per heavy atom. The van der Waals surface area contributed by atoms with E-state index in [1.54, 1.807) is 0 Å². The van der Waals surface area contributed by atoms with Crippen LogP contribution in [0.2, 0.25) is 5.02 Å². The monoisotopic (exact) mass is 258 g/mol. The number of aryl methyl sites for hydroxylation is 1. The third-order valence-corrected chi connectivity index (χ3v) is 3.61. The van der Waals surface area contributed by atoms with E-state index in [2.05, 4.69) is 10.2 Å². The molecule has 1 aromatic carbocycles. The summed E-state index contributed by atoms with van der Waals surface area (Å²) < 4.78 is 0. The van der Waals surface area contributed by atoms with Gasteiger partial charge in [0, 0.05) is 10.6 Å². The summed E-state index contributed by atoms with van der Waals surface area (Å²) in [7, 11) is 0. The summed E-state index contributed by atoms with van der Waals surface area (Å²) in [6.45, 7) is 2.02. The van der Waals surface area contributed by atoms with Crippen molar-refractivity contribution in [3.8, 4) is 10.6 Å². The van der Waals surface area contributed by atoms with Gasteiger partial charge in [0.1, 0.15) is 10.0 Å². The molecule has 78 valence electrons. The van der Waals surface area contributed by atoms with E-state index in [0.29, 0.717) is 10.9 Å². The molecule has 1 aromatic heterocycles. The lowest BCUT2D eigenvalue weighted by Gasteiger charge is -2.01. The Kier molecular flexibility index (Phi) is 3.24. The fourth-order valence-electron chi connectivity index (χ4n) is 1.24. The molecule has 2 rings (SSSR count). The summed E-state index contributed by atoms with van der Waals surface area (Å²) >= 11 is 13.1. The van der Waals surface area contributed by atoms with E-state index in [9.17, 15) is 0 Å². The van der Waals surface area contributed by atoms with E-state index in [-0.39, 0.29) is 0 Å². The van der Waals surface area contributed by atoms with Gasteiger partial charge in [0.2, 0.25) is 0 Å².